The molecule has 0 fully saturated rings. The van der Waals surface area contributed by atoms with Gasteiger partial charge in [0.15, 0.2) is 0 Å². The van der Waals surface area contributed by atoms with Crippen LogP contribution in [0.3, 0.4) is 0 Å². The highest BCUT2D eigenvalue weighted by Gasteiger charge is 2.16. The zero-order valence-electron chi connectivity index (χ0n) is 16.7. The highest BCUT2D eigenvalue weighted by atomic mass is 32.2. The molecule has 30 heavy (non-hydrogen) atoms. The molecule has 0 saturated carbocycles. The molecule has 0 aliphatic rings. The molecule has 0 atom stereocenters. The van der Waals surface area contributed by atoms with Gasteiger partial charge in [0.1, 0.15) is 0 Å². The van der Waals surface area contributed by atoms with Crippen LogP contribution >= 0.6 is 0 Å². The molecule has 1 aromatic heterocycles. The van der Waals surface area contributed by atoms with Gasteiger partial charge < -0.3 is 4.98 Å². The molecular formula is C21H24N4O4S. The van der Waals surface area contributed by atoms with Crippen LogP contribution in [0.5, 0.6) is 0 Å². The van der Waals surface area contributed by atoms with Crippen LogP contribution in [0.4, 0.5) is 0 Å². The van der Waals surface area contributed by atoms with Crippen molar-refractivity contribution >= 4 is 32.7 Å². The lowest BCUT2D eigenvalue weighted by atomic mass is 10.0. The summed E-state index contributed by atoms with van der Waals surface area (Å²) >= 11 is 0. The Morgan fingerprint density at radius 3 is 2.40 bits per heavy atom. The summed E-state index contributed by atoms with van der Waals surface area (Å²) in [5, 5.41) is 0.737. The molecule has 0 spiro atoms. The van der Waals surface area contributed by atoms with Gasteiger partial charge in [-0.05, 0) is 29.7 Å². The third-order valence-corrected chi connectivity index (χ3v) is 6.13. The molecule has 0 aliphatic carbocycles. The first-order valence-electron chi connectivity index (χ1n) is 9.53. The molecule has 0 radical (unpaired) electrons. The van der Waals surface area contributed by atoms with Gasteiger partial charge in [-0.15, -0.1) is 0 Å². The van der Waals surface area contributed by atoms with Crippen molar-refractivity contribution in [1.82, 2.24) is 20.6 Å². The normalized spacial score (nSPS) is 11.6. The second-order valence-electron chi connectivity index (χ2n) is 7.12. The summed E-state index contributed by atoms with van der Waals surface area (Å²) in [6.07, 6.45) is 1.43. The third-order valence-electron chi connectivity index (χ3n) is 4.65. The van der Waals surface area contributed by atoms with Crippen LogP contribution in [0.25, 0.3) is 10.9 Å². The van der Waals surface area contributed by atoms with Crippen molar-refractivity contribution in [2.45, 2.75) is 31.1 Å². The Morgan fingerprint density at radius 2 is 1.70 bits per heavy atom. The summed E-state index contributed by atoms with van der Waals surface area (Å²) in [6, 6.07) is 13.9. The smallest absolute Gasteiger partial charge is 0.271 e. The van der Waals surface area contributed by atoms with Crippen LogP contribution in [0.2, 0.25) is 0 Å². The zero-order chi connectivity index (χ0) is 21.7. The largest absolute Gasteiger partial charge is 0.360 e. The second-order valence-corrected chi connectivity index (χ2v) is 8.89. The number of hydrogen-bond acceptors (Lipinski definition) is 4. The summed E-state index contributed by atoms with van der Waals surface area (Å²) in [5.41, 5.74) is 6.88. The van der Waals surface area contributed by atoms with Crippen LogP contribution in [0.1, 0.15) is 42.1 Å². The Balaban J connectivity index is 1.48. The topological polar surface area (TPSA) is 120 Å². The number of hydrazine groups is 1. The van der Waals surface area contributed by atoms with Gasteiger partial charge in [0.25, 0.3) is 5.91 Å². The lowest BCUT2D eigenvalue weighted by molar-refractivity contribution is -0.121. The van der Waals surface area contributed by atoms with E-state index in [0.717, 1.165) is 16.5 Å². The minimum absolute atomic E-state index is 0.0942. The summed E-state index contributed by atoms with van der Waals surface area (Å²) in [7, 11) is -3.71. The number of benzene rings is 2. The quantitative estimate of drug-likeness (QED) is 0.432. The van der Waals surface area contributed by atoms with Crippen molar-refractivity contribution in [3.8, 4) is 0 Å². The highest BCUT2D eigenvalue weighted by Crippen LogP contribution is 2.18. The number of rotatable bonds is 7. The Hall–Kier alpha value is -3.17. The van der Waals surface area contributed by atoms with Crippen molar-refractivity contribution in [3.63, 3.8) is 0 Å². The molecular weight excluding hydrogens is 404 g/mol. The molecule has 0 aliphatic heterocycles. The Labute approximate surface area is 175 Å². The maximum Gasteiger partial charge on any atom is 0.271 e. The molecule has 2 amide bonds. The van der Waals surface area contributed by atoms with Crippen LogP contribution in [-0.2, 0) is 14.8 Å². The Kier molecular flexibility index (Phi) is 6.53. The fraction of sp³-hybridized carbons (Fsp3) is 0.238. The van der Waals surface area contributed by atoms with E-state index in [-0.39, 0.29) is 17.9 Å². The lowest BCUT2D eigenvalue weighted by Gasteiger charge is -2.10. The highest BCUT2D eigenvalue weighted by molar-refractivity contribution is 7.89. The minimum Gasteiger partial charge on any atom is -0.360 e. The van der Waals surface area contributed by atoms with Crippen LogP contribution < -0.4 is 15.6 Å². The minimum atomic E-state index is -3.71. The van der Waals surface area contributed by atoms with E-state index in [2.05, 4.69) is 20.6 Å². The van der Waals surface area contributed by atoms with Crippen molar-refractivity contribution < 1.29 is 18.0 Å². The predicted molar refractivity (Wildman–Crippen MR) is 114 cm³/mol. The number of fused-ring (bicyclic) bond motifs is 1. The first-order valence-corrected chi connectivity index (χ1v) is 11.0. The number of carbonyl (C=O) groups excluding carboxylic acids is 2. The lowest BCUT2D eigenvalue weighted by Crippen LogP contribution is -2.42. The standard InChI is InChI=1S/C21H24N4O4S/c1-14(2)15-7-9-16(10-8-15)30(28,29)23-12-11-20(26)24-25-21(27)18-13-22-19-6-4-3-5-17(18)19/h3-10,13-14,22-23H,11-12H2,1-2H3,(H,24,26)(H,25,27). The number of H-pyrrole nitrogens is 1. The molecule has 1 heterocycles. The Bertz CT molecular complexity index is 1150. The van der Waals surface area contributed by atoms with E-state index in [1.54, 1.807) is 36.5 Å². The van der Waals surface area contributed by atoms with Crippen LogP contribution in [-0.4, -0.2) is 31.8 Å². The van der Waals surface area contributed by atoms with Gasteiger partial charge >= 0.3 is 0 Å². The maximum atomic E-state index is 12.3. The molecule has 9 heteroatoms. The molecule has 4 N–H and O–H groups in total. The number of amides is 2. The molecule has 0 unspecified atom stereocenters. The van der Waals surface area contributed by atoms with Gasteiger partial charge in [-0.1, -0.05) is 44.2 Å². The predicted octanol–water partition coefficient (Wildman–Crippen LogP) is 2.42. The number of hydrogen-bond donors (Lipinski definition) is 4. The number of aromatic amines is 1. The van der Waals surface area contributed by atoms with Crippen LogP contribution in [0.15, 0.2) is 59.6 Å². The molecule has 2 aromatic carbocycles. The van der Waals surface area contributed by atoms with E-state index >= 15 is 0 Å². The summed E-state index contributed by atoms with van der Waals surface area (Å²) < 4.78 is 27.0. The van der Waals surface area contributed by atoms with E-state index in [4.69, 9.17) is 0 Å². The summed E-state index contributed by atoms with van der Waals surface area (Å²) in [4.78, 5) is 27.3. The Morgan fingerprint density at radius 1 is 1.00 bits per heavy atom. The molecule has 3 rings (SSSR count). The van der Waals surface area contributed by atoms with E-state index in [9.17, 15) is 18.0 Å². The molecule has 3 aromatic rings. The van der Waals surface area contributed by atoms with Crippen LogP contribution in [0, 0.1) is 0 Å². The number of sulfonamides is 1. The number of carbonyl (C=O) groups is 2. The number of aromatic nitrogens is 1. The average molecular weight is 429 g/mol. The first-order chi connectivity index (χ1) is 14.3. The van der Waals surface area contributed by atoms with Crippen molar-refractivity contribution in [2.75, 3.05) is 6.54 Å². The van der Waals surface area contributed by atoms with E-state index in [0.29, 0.717) is 11.5 Å². The van der Waals surface area contributed by atoms with E-state index in [1.807, 2.05) is 32.0 Å². The molecule has 0 bridgehead atoms. The molecule has 8 nitrogen and oxygen atoms in total. The van der Waals surface area contributed by atoms with Crippen molar-refractivity contribution in [1.29, 1.82) is 0 Å². The van der Waals surface area contributed by atoms with Gasteiger partial charge in [0, 0.05) is 30.1 Å². The van der Waals surface area contributed by atoms with Crippen molar-refractivity contribution in [2.24, 2.45) is 0 Å². The van der Waals surface area contributed by atoms with Crippen molar-refractivity contribution in [3.05, 3.63) is 65.9 Å². The van der Waals surface area contributed by atoms with Gasteiger partial charge in [0.05, 0.1) is 10.5 Å². The third kappa shape index (κ3) is 5.05. The van der Waals surface area contributed by atoms with Gasteiger partial charge in [-0.2, -0.15) is 0 Å². The zero-order valence-corrected chi connectivity index (χ0v) is 17.5. The molecule has 158 valence electrons. The maximum absolute atomic E-state index is 12.3. The first kappa shape index (κ1) is 21.5. The summed E-state index contributed by atoms with van der Waals surface area (Å²) in [6.45, 7) is 3.96. The number of para-hydroxylation sites is 1. The summed E-state index contributed by atoms with van der Waals surface area (Å²) in [5.74, 6) is -0.675. The van der Waals surface area contributed by atoms with E-state index in [1.165, 1.54) is 0 Å². The monoisotopic (exact) mass is 428 g/mol. The fourth-order valence-corrected chi connectivity index (χ4v) is 3.96. The van der Waals surface area contributed by atoms with Gasteiger partial charge in [0.2, 0.25) is 15.9 Å². The van der Waals surface area contributed by atoms with Gasteiger partial charge in [-0.25, -0.2) is 13.1 Å². The number of nitrogens with one attached hydrogen (secondary N) is 4. The SMILES string of the molecule is CC(C)c1ccc(S(=O)(=O)NCCC(=O)NNC(=O)c2c[nH]c3ccccc23)cc1. The molecule has 0 saturated heterocycles. The average Bonchev–Trinajstić information content (AvgIpc) is 3.16. The van der Waals surface area contributed by atoms with E-state index < -0.39 is 21.8 Å². The van der Waals surface area contributed by atoms with Gasteiger partial charge in [-0.3, -0.25) is 20.4 Å². The fourth-order valence-electron chi connectivity index (χ4n) is 2.93. The second kappa shape index (κ2) is 9.10.